The van der Waals surface area contributed by atoms with Gasteiger partial charge < -0.3 is 28.6 Å². The maximum absolute atomic E-state index is 14.8. The van der Waals surface area contributed by atoms with E-state index in [1.807, 2.05) is 0 Å². The van der Waals surface area contributed by atoms with E-state index in [0.717, 1.165) is 18.9 Å². The van der Waals surface area contributed by atoms with E-state index in [1.54, 1.807) is 4.57 Å². The molecule has 9 nitrogen and oxygen atoms in total. The topological polar surface area (TPSA) is 101 Å². The summed E-state index contributed by atoms with van der Waals surface area (Å²) in [5.74, 6) is -2.10. The fraction of sp³-hybridized carbons (Fsp3) is 0.476. The highest BCUT2D eigenvalue weighted by molar-refractivity contribution is 7.71. The predicted molar refractivity (Wildman–Crippen MR) is 116 cm³/mol. The Morgan fingerprint density at radius 1 is 1.27 bits per heavy atom. The van der Waals surface area contributed by atoms with Crippen molar-refractivity contribution in [3.8, 4) is 17.3 Å². The van der Waals surface area contributed by atoms with Gasteiger partial charge in [0.15, 0.2) is 23.6 Å². The summed E-state index contributed by atoms with van der Waals surface area (Å²) >= 11 is 11.6. The minimum Gasteiger partial charge on any atom is -0.493 e. The molecule has 33 heavy (non-hydrogen) atoms. The van der Waals surface area contributed by atoms with Gasteiger partial charge in [0.2, 0.25) is 5.88 Å². The number of halogens is 2. The second kappa shape index (κ2) is 9.70. The monoisotopic (exact) mass is 500 g/mol. The third kappa shape index (κ3) is 4.85. The number of rotatable bonds is 6. The number of ether oxygens (including phenoxy) is 4. The molecule has 2 unspecified atom stereocenters. The molecule has 178 valence electrons. The molecule has 12 heteroatoms. The summed E-state index contributed by atoms with van der Waals surface area (Å²) in [4.78, 5) is 23.4. The molecule has 2 aliphatic heterocycles. The van der Waals surface area contributed by atoms with Crippen LogP contribution in [0.1, 0.15) is 25.5 Å². The van der Waals surface area contributed by atoms with Crippen LogP contribution in [0.2, 0.25) is 5.02 Å². The number of fused-ring (bicyclic) bond motifs is 1. The Morgan fingerprint density at radius 2 is 2.00 bits per heavy atom. The molecule has 0 radical (unpaired) electrons. The average molecular weight is 501 g/mol. The van der Waals surface area contributed by atoms with Gasteiger partial charge in [0.1, 0.15) is 11.6 Å². The Labute approximate surface area is 198 Å². The molecule has 1 aromatic carbocycles. The summed E-state index contributed by atoms with van der Waals surface area (Å²) in [7, 11) is 0. The second-order valence-electron chi connectivity index (χ2n) is 7.73. The van der Waals surface area contributed by atoms with Crippen LogP contribution in [0, 0.1) is 10.6 Å². The molecule has 1 fully saturated rings. The number of carbonyl (C=O) groups excluding carboxylic acids is 2. The third-order valence-corrected chi connectivity index (χ3v) is 6.13. The van der Waals surface area contributed by atoms with Gasteiger partial charge in [-0.15, -0.1) is 0 Å². The molecule has 4 rings (SSSR count). The van der Waals surface area contributed by atoms with Gasteiger partial charge in [-0.3, -0.25) is 9.36 Å². The average Bonchev–Trinajstić information content (AvgIpc) is 3.29. The Bertz CT molecular complexity index is 1150. The number of aromatic hydroxyl groups is 1. The first-order chi connectivity index (χ1) is 15.8. The van der Waals surface area contributed by atoms with Gasteiger partial charge in [0, 0.05) is 19.5 Å². The van der Waals surface area contributed by atoms with Crippen molar-refractivity contribution in [2.24, 2.45) is 0 Å². The number of esters is 2. The van der Waals surface area contributed by atoms with E-state index in [9.17, 15) is 19.1 Å². The second-order valence-corrected chi connectivity index (χ2v) is 8.51. The van der Waals surface area contributed by atoms with E-state index in [2.05, 4.69) is 0 Å². The van der Waals surface area contributed by atoms with E-state index < -0.39 is 36.6 Å². The Balaban J connectivity index is 1.51. The first kappa shape index (κ1) is 23.5. The Kier molecular flexibility index (Phi) is 6.91. The minimum absolute atomic E-state index is 0.00898. The normalized spacial score (nSPS) is 19.7. The van der Waals surface area contributed by atoms with Crippen LogP contribution in [0.15, 0.2) is 12.1 Å². The van der Waals surface area contributed by atoms with Gasteiger partial charge in [-0.1, -0.05) is 11.6 Å². The van der Waals surface area contributed by atoms with Crippen molar-refractivity contribution in [2.75, 3.05) is 19.8 Å². The lowest BCUT2D eigenvalue weighted by Gasteiger charge is -2.18. The van der Waals surface area contributed by atoms with E-state index in [0.29, 0.717) is 18.7 Å². The van der Waals surface area contributed by atoms with Crippen LogP contribution in [-0.2, 0) is 36.8 Å². The highest BCUT2D eigenvalue weighted by Gasteiger charge is 2.34. The fourth-order valence-corrected chi connectivity index (χ4v) is 4.51. The molecular weight excluding hydrogens is 479 g/mol. The highest BCUT2D eigenvalue weighted by atomic mass is 35.5. The molecule has 0 spiro atoms. The van der Waals surface area contributed by atoms with Crippen molar-refractivity contribution in [3.05, 3.63) is 33.4 Å². The van der Waals surface area contributed by atoms with Crippen LogP contribution >= 0.6 is 23.8 Å². The van der Waals surface area contributed by atoms with Crippen LogP contribution in [0.5, 0.6) is 11.6 Å². The number of hydrogen-bond donors (Lipinski definition) is 1. The smallest absolute Gasteiger partial charge is 0.344 e. The van der Waals surface area contributed by atoms with E-state index in [-0.39, 0.29) is 40.3 Å². The maximum Gasteiger partial charge on any atom is 0.344 e. The van der Waals surface area contributed by atoms with Crippen molar-refractivity contribution >= 4 is 35.8 Å². The molecule has 1 saturated heterocycles. The lowest BCUT2D eigenvalue weighted by molar-refractivity contribution is -0.163. The Hall–Kier alpha value is -2.63. The quantitative estimate of drug-likeness (QED) is 0.477. The van der Waals surface area contributed by atoms with Crippen LogP contribution in [0.4, 0.5) is 4.39 Å². The summed E-state index contributed by atoms with van der Waals surface area (Å²) in [6.45, 7) is 1.56. The first-order valence-corrected chi connectivity index (χ1v) is 11.1. The molecule has 0 aliphatic carbocycles. The molecule has 0 amide bonds. The molecule has 2 aromatic rings. The molecule has 2 aliphatic rings. The van der Waals surface area contributed by atoms with Crippen molar-refractivity contribution in [2.45, 2.75) is 44.9 Å². The van der Waals surface area contributed by atoms with Crippen molar-refractivity contribution < 1.29 is 38.0 Å². The largest absolute Gasteiger partial charge is 0.493 e. The van der Waals surface area contributed by atoms with Gasteiger partial charge in [-0.2, -0.15) is 0 Å². The van der Waals surface area contributed by atoms with Gasteiger partial charge in [0.25, 0.3) is 0 Å². The standard InChI is InChI=1S/C21H22ClFN2O7S/c1-11(26)31-17-8-29-9-18(17)32-19(27)10-30-16-7-15(13(23)6-12(16)22)25-20(28)14-4-2-3-5-24(14)21(25)33/h6-7,17-18,28H,2-5,8-10H2,1H3. The van der Waals surface area contributed by atoms with Gasteiger partial charge in [-0.25, -0.2) is 9.18 Å². The molecule has 1 aromatic heterocycles. The molecule has 3 heterocycles. The molecule has 0 saturated carbocycles. The number of benzene rings is 1. The summed E-state index contributed by atoms with van der Waals surface area (Å²) < 4.78 is 39.0. The Morgan fingerprint density at radius 3 is 2.70 bits per heavy atom. The number of hydrogen-bond acceptors (Lipinski definition) is 8. The summed E-state index contributed by atoms with van der Waals surface area (Å²) in [6, 6.07) is 2.30. The zero-order valence-electron chi connectivity index (χ0n) is 17.7. The van der Waals surface area contributed by atoms with Crippen molar-refractivity contribution in [1.29, 1.82) is 0 Å². The lowest BCUT2D eigenvalue weighted by atomic mass is 10.1. The van der Waals surface area contributed by atoms with Crippen LogP contribution in [0.25, 0.3) is 5.69 Å². The van der Waals surface area contributed by atoms with Gasteiger partial charge >= 0.3 is 11.9 Å². The molecule has 0 bridgehead atoms. The maximum atomic E-state index is 14.8. The third-order valence-electron chi connectivity index (χ3n) is 5.43. The molecule has 1 N–H and O–H groups in total. The lowest BCUT2D eigenvalue weighted by Crippen LogP contribution is -2.34. The summed E-state index contributed by atoms with van der Waals surface area (Å²) in [5, 5.41) is 10.6. The predicted octanol–water partition coefficient (Wildman–Crippen LogP) is 3.10. The van der Waals surface area contributed by atoms with Crippen LogP contribution in [0.3, 0.4) is 0 Å². The molecular formula is C21H22ClFN2O7S. The zero-order chi connectivity index (χ0) is 23.7. The van der Waals surface area contributed by atoms with Gasteiger partial charge in [-0.05, 0) is 37.5 Å². The number of aromatic nitrogens is 2. The minimum atomic E-state index is -0.757. The zero-order valence-corrected chi connectivity index (χ0v) is 19.3. The van der Waals surface area contributed by atoms with Crippen LogP contribution in [-0.4, -0.2) is 58.2 Å². The first-order valence-electron chi connectivity index (χ1n) is 10.4. The van der Waals surface area contributed by atoms with E-state index in [4.69, 9.17) is 42.8 Å². The van der Waals surface area contributed by atoms with E-state index in [1.165, 1.54) is 17.6 Å². The SMILES string of the molecule is CC(=O)OC1COCC1OC(=O)COc1cc(-n2c(O)c3n(c2=S)CCCC3)c(F)cc1Cl. The van der Waals surface area contributed by atoms with Crippen molar-refractivity contribution in [3.63, 3.8) is 0 Å². The van der Waals surface area contributed by atoms with Crippen molar-refractivity contribution in [1.82, 2.24) is 9.13 Å². The summed E-state index contributed by atoms with van der Waals surface area (Å²) in [5.41, 5.74) is 0.596. The highest BCUT2D eigenvalue weighted by Crippen LogP contribution is 2.35. The van der Waals surface area contributed by atoms with E-state index >= 15 is 0 Å². The van der Waals surface area contributed by atoms with Crippen LogP contribution < -0.4 is 4.74 Å². The van der Waals surface area contributed by atoms with Gasteiger partial charge in [0.05, 0.1) is 29.6 Å². The summed E-state index contributed by atoms with van der Waals surface area (Å²) in [6.07, 6.45) is 0.988. The number of carbonyl (C=O) groups is 2. The fourth-order valence-electron chi connectivity index (χ4n) is 3.92. The molecule has 2 atom stereocenters. The number of imidazole rings is 1. The number of nitrogens with zero attached hydrogens (tertiary/aromatic N) is 2.